The smallest absolute Gasteiger partial charge is 0.306 e. The summed E-state index contributed by atoms with van der Waals surface area (Å²) in [5, 5.41) is 9.15. The summed E-state index contributed by atoms with van der Waals surface area (Å²) in [6.45, 7) is 7.68. The number of rotatable bonds is 5. The first-order valence-corrected chi connectivity index (χ1v) is 8.13. The van der Waals surface area contributed by atoms with Crippen LogP contribution in [0.2, 0.25) is 0 Å². The molecule has 1 saturated heterocycles. The highest BCUT2D eigenvalue weighted by atomic mass is 16.5. The van der Waals surface area contributed by atoms with E-state index in [1.165, 1.54) is 0 Å². The van der Waals surface area contributed by atoms with E-state index in [1.54, 1.807) is 17.0 Å². The van der Waals surface area contributed by atoms with Crippen molar-refractivity contribution in [2.45, 2.75) is 27.2 Å². The van der Waals surface area contributed by atoms with E-state index < -0.39 is 5.97 Å². The molecule has 0 aliphatic carbocycles. The topological polar surface area (TPSA) is 66.8 Å². The monoisotopic (exact) mass is 319 g/mol. The summed E-state index contributed by atoms with van der Waals surface area (Å²) in [6.07, 6.45) is 0.512. The van der Waals surface area contributed by atoms with E-state index in [9.17, 15) is 9.59 Å². The Balaban J connectivity index is 1.97. The van der Waals surface area contributed by atoms with E-state index in [0.29, 0.717) is 37.6 Å². The van der Waals surface area contributed by atoms with Crippen molar-refractivity contribution >= 4 is 11.9 Å². The number of carboxylic acids is 1. The Morgan fingerprint density at radius 3 is 2.48 bits per heavy atom. The molecule has 1 aromatic carbocycles. The van der Waals surface area contributed by atoms with E-state index in [1.807, 2.05) is 19.1 Å². The van der Waals surface area contributed by atoms with Crippen LogP contribution in [0.4, 0.5) is 0 Å². The highest BCUT2D eigenvalue weighted by Gasteiger charge is 2.33. The summed E-state index contributed by atoms with van der Waals surface area (Å²) in [5.41, 5.74) is 0.614. The first kappa shape index (κ1) is 17.3. The summed E-state index contributed by atoms with van der Waals surface area (Å²) in [5.74, 6) is 0.0126. The Hall–Kier alpha value is -2.04. The number of carbonyl (C=O) groups excluding carboxylic acids is 1. The van der Waals surface area contributed by atoms with Crippen LogP contribution in [0.5, 0.6) is 5.75 Å². The Morgan fingerprint density at radius 2 is 1.96 bits per heavy atom. The first-order chi connectivity index (χ1) is 10.9. The van der Waals surface area contributed by atoms with E-state index in [-0.39, 0.29) is 17.7 Å². The molecule has 5 nitrogen and oxygen atoms in total. The molecule has 1 N–H and O–H groups in total. The van der Waals surface area contributed by atoms with Crippen LogP contribution in [0, 0.1) is 17.8 Å². The molecule has 1 aliphatic heterocycles. The maximum Gasteiger partial charge on any atom is 0.306 e. The van der Waals surface area contributed by atoms with Gasteiger partial charge in [-0.15, -0.1) is 0 Å². The van der Waals surface area contributed by atoms with Gasteiger partial charge in [0.05, 0.1) is 12.5 Å². The number of carboxylic acid groups (broad SMARTS) is 1. The van der Waals surface area contributed by atoms with Gasteiger partial charge in [0.15, 0.2) is 0 Å². The van der Waals surface area contributed by atoms with Gasteiger partial charge in [0.1, 0.15) is 5.75 Å². The van der Waals surface area contributed by atoms with Gasteiger partial charge >= 0.3 is 5.97 Å². The van der Waals surface area contributed by atoms with E-state index in [0.717, 1.165) is 5.75 Å². The zero-order valence-corrected chi connectivity index (χ0v) is 14.0. The molecule has 1 amide bonds. The largest absolute Gasteiger partial charge is 0.493 e. The molecule has 1 aromatic rings. The van der Waals surface area contributed by atoms with Crippen LogP contribution >= 0.6 is 0 Å². The molecule has 5 heteroatoms. The van der Waals surface area contributed by atoms with Crippen molar-refractivity contribution in [1.29, 1.82) is 0 Å². The molecule has 2 atom stereocenters. The summed E-state index contributed by atoms with van der Waals surface area (Å²) in [7, 11) is 0. The Morgan fingerprint density at radius 1 is 1.30 bits per heavy atom. The summed E-state index contributed by atoms with van der Waals surface area (Å²) < 4.78 is 5.61. The first-order valence-electron chi connectivity index (χ1n) is 8.13. The van der Waals surface area contributed by atoms with Crippen LogP contribution in [-0.2, 0) is 4.79 Å². The number of nitrogens with zero attached hydrogens (tertiary/aromatic N) is 1. The van der Waals surface area contributed by atoms with Gasteiger partial charge in [0, 0.05) is 18.7 Å². The molecule has 1 fully saturated rings. The van der Waals surface area contributed by atoms with Crippen molar-refractivity contribution in [2.24, 2.45) is 17.8 Å². The number of aliphatic carboxylic acids is 1. The lowest BCUT2D eigenvalue weighted by Gasteiger charge is -2.35. The number of likely N-dealkylation sites (tertiary alicyclic amines) is 1. The van der Waals surface area contributed by atoms with Crippen molar-refractivity contribution in [3.8, 4) is 5.75 Å². The van der Waals surface area contributed by atoms with Crippen LogP contribution in [-0.4, -0.2) is 41.6 Å². The average Bonchev–Trinajstić information content (AvgIpc) is 2.52. The van der Waals surface area contributed by atoms with Gasteiger partial charge in [-0.1, -0.05) is 20.8 Å². The fraction of sp³-hybridized carbons (Fsp3) is 0.556. The quantitative estimate of drug-likeness (QED) is 0.906. The molecule has 1 aliphatic rings. The molecule has 2 unspecified atom stereocenters. The highest BCUT2D eigenvalue weighted by Crippen LogP contribution is 2.25. The molecule has 0 saturated carbocycles. The SMILES string of the molecule is CC(C)COc1ccc(C(=O)N2CCC(C(=O)O)C(C)C2)cc1. The lowest BCUT2D eigenvalue weighted by atomic mass is 9.87. The molecule has 0 bridgehead atoms. The molecule has 0 spiro atoms. The van der Waals surface area contributed by atoms with Gasteiger partial charge in [-0.05, 0) is 42.5 Å². The van der Waals surface area contributed by atoms with Crippen LogP contribution in [0.3, 0.4) is 0 Å². The zero-order chi connectivity index (χ0) is 17.0. The fourth-order valence-electron chi connectivity index (χ4n) is 2.84. The molecule has 23 heavy (non-hydrogen) atoms. The zero-order valence-electron chi connectivity index (χ0n) is 14.0. The predicted octanol–water partition coefficient (Wildman–Crippen LogP) is 2.90. The predicted molar refractivity (Wildman–Crippen MR) is 87.6 cm³/mol. The third-order valence-corrected chi connectivity index (χ3v) is 4.19. The van der Waals surface area contributed by atoms with Crippen molar-refractivity contribution in [3.05, 3.63) is 29.8 Å². The summed E-state index contributed by atoms with van der Waals surface area (Å²) in [6, 6.07) is 7.16. The van der Waals surface area contributed by atoms with Crippen molar-refractivity contribution in [1.82, 2.24) is 4.90 Å². The van der Waals surface area contributed by atoms with Gasteiger partial charge in [-0.25, -0.2) is 0 Å². The fourth-order valence-corrected chi connectivity index (χ4v) is 2.84. The Labute approximate surface area is 137 Å². The van der Waals surface area contributed by atoms with Gasteiger partial charge in [-0.3, -0.25) is 9.59 Å². The molecule has 0 radical (unpaired) electrons. The van der Waals surface area contributed by atoms with Gasteiger partial charge in [-0.2, -0.15) is 0 Å². The molecular formula is C18H25NO4. The molecule has 2 rings (SSSR count). The minimum Gasteiger partial charge on any atom is -0.493 e. The van der Waals surface area contributed by atoms with E-state index >= 15 is 0 Å². The van der Waals surface area contributed by atoms with Crippen molar-refractivity contribution < 1.29 is 19.4 Å². The summed E-state index contributed by atoms with van der Waals surface area (Å²) >= 11 is 0. The molecule has 0 aromatic heterocycles. The second-order valence-electron chi connectivity index (χ2n) is 6.69. The standard InChI is InChI=1S/C18H25NO4/c1-12(2)11-23-15-6-4-14(5-7-15)17(20)19-9-8-16(18(21)22)13(3)10-19/h4-7,12-13,16H,8-11H2,1-3H3,(H,21,22). The number of carbonyl (C=O) groups is 2. The highest BCUT2D eigenvalue weighted by molar-refractivity contribution is 5.94. The molecule has 1 heterocycles. The van der Waals surface area contributed by atoms with Crippen LogP contribution < -0.4 is 4.74 Å². The number of hydrogen-bond acceptors (Lipinski definition) is 3. The van der Waals surface area contributed by atoms with Crippen molar-refractivity contribution in [3.63, 3.8) is 0 Å². The normalized spacial score (nSPS) is 21.3. The van der Waals surface area contributed by atoms with Crippen molar-refractivity contribution in [2.75, 3.05) is 19.7 Å². The summed E-state index contributed by atoms with van der Waals surface area (Å²) in [4.78, 5) is 25.4. The average molecular weight is 319 g/mol. The number of benzene rings is 1. The van der Waals surface area contributed by atoms with Gasteiger partial charge in [0.25, 0.3) is 5.91 Å². The van der Waals surface area contributed by atoms with Crippen LogP contribution in [0.1, 0.15) is 37.6 Å². The second kappa shape index (κ2) is 7.49. The number of piperidine rings is 1. The third-order valence-electron chi connectivity index (χ3n) is 4.19. The number of ether oxygens (including phenoxy) is 1. The third kappa shape index (κ3) is 4.47. The maximum absolute atomic E-state index is 12.5. The Kier molecular flexibility index (Phi) is 5.64. The lowest BCUT2D eigenvalue weighted by Crippen LogP contribution is -2.44. The molecular weight excluding hydrogens is 294 g/mol. The van der Waals surface area contributed by atoms with E-state index in [2.05, 4.69) is 13.8 Å². The van der Waals surface area contributed by atoms with E-state index in [4.69, 9.17) is 9.84 Å². The Bertz CT molecular complexity index is 553. The van der Waals surface area contributed by atoms with Crippen LogP contribution in [0.15, 0.2) is 24.3 Å². The lowest BCUT2D eigenvalue weighted by molar-refractivity contribution is -0.145. The second-order valence-corrected chi connectivity index (χ2v) is 6.69. The minimum atomic E-state index is -0.767. The minimum absolute atomic E-state index is 0.0288. The number of amides is 1. The van der Waals surface area contributed by atoms with Crippen LogP contribution in [0.25, 0.3) is 0 Å². The van der Waals surface area contributed by atoms with Gasteiger partial charge < -0.3 is 14.7 Å². The molecule has 126 valence electrons. The van der Waals surface area contributed by atoms with Gasteiger partial charge in [0.2, 0.25) is 0 Å². The number of hydrogen-bond donors (Lipinski definition) is 1. The maximum atomic E-state index is 12.5.